The quantitative estimate of drug-likeness (QED) is 0.194. The molecule has 0 N–H and O–H groups in total. The van der Waals surface area contributed by atoms with E-state index in [-0.39, 0.29) is 11.1 Å². The van der Waals surface area contributed by atoms with Gasteiger partial charge in [-0.2, -0.15) is 18.4 Å². The summed E-state index contributed by atoms with van der Waals surface area (Å²) in [4.78, 5) is 0. The highest BCUT2D eigenvalue weighted by Gasteiger charge is 2.35. The van der Waals surface area contributed by atoms with Crippen molar-refractivity contribution in [3.05, 3.63) is 143 Å². The van der Waals surface area contributed by atoms with Crippen molar-refractivity contribution in [2.45, 2.75) is 26.9 Å². The van der Waals surface area contributed by atoms with Crippen LogP contribution in [0.1, 0.15) is 27.8 Å². The maximum Gasteiger partial charge on any atom is 0.417 e. The van der Waals surface area contributed by atoms with Crippen LogP contribution in [-0.2, 0) is 6.18 Å². The number of nitrogens with zero attached hydrogens (tertiary/aromatic N) is 3. The van der Waals surface area contributed by atoms with E-state index in [2.05, 4.69) is 63.7 Å². The number of halogens is 3. The molecule has 6 heteroatoms. The van der Waals surface area contributed by atoms with Crippen LogP contribution in [0, 0.1) is 32.1 Å². The van der Waals surface area contributed by atoms with Crippen molar-refractivity contribution in [3.8, 4) is 28.6 Å². The number of hydrogen-bond donors (Lipinski definition) is 0. The first-order chi connectivity index (χ1) is 22.7. The summed E-state index contributed by atoms with van der Waals surface area (Å²) >= 11 is 0. The number of hydrogen-bond acceptors (Lipinski definition) is 1. The van der Waals surface area contributed by atoms with Gasteiger partial charge in [-0.25, -0.2) is 0 Å². The molecule has 8 rings (SSSR count). The van der Waals surface area contributed by atoms with Gasteiger partial charge in [0.1, 0.15) is 6.07 Å². The lowest BCUT2D eigenvalue weighted by Crippen LogP contribution is -2.10. The van der Waals surface area contributed by atoms with Crippen LogP contribution in [0.4, 0.5) is 13.2 Å². The molecular formula is C41H28F3N3. The summed E-state index contributed by atoms with van der Waals surface area (Å²) in [5.41, 5.74) is 7.39. The zero-order valence-electron chi connectivity index (χ0n) is 25.9. The molecule has 0 saturated carbocycles. The Morgan fingerprint density at radius 3 is 1.72 bits per heavy atom. The Bertz CT molecular complexity index is 2610. The van der Waals surface area contributed by atoms with Crippen molar-refractivity contribution in [2.24, 2.45) is 0 Å². The van der Waals surface area contributed by atoms with E-state index in [9.17, 15) is 18.4 Å². The van der Waals surface area contributed by atoms with Crippen LogP contribution in [0.5, 0.6) is 0 Å². The van der Waals surface area contributed by atoms with E-state index >= 15 is 0 Å². The fraction of sp³-hybridized carbons (Fsp3) is 0.0976. The van der Waals surface area contributed by atoms with Gasteiger partial charge in [0.2, 0.25) is 0 Å². The maximum absolute atomic E-state index is 14.5. The molecule has 2 heterocycles. The Morgan fingerprint density at radius 2 is 1.13 bits per heavy atom. The van der Waals surface area contributed by atoms with Gasteiger partial charge in [0.25, 0.3) is 0 Å². The van der Waals surface area contributed by atoms with E-state index in [1.807, 2.05) is 56.3 Å². The van der Waals surface area contributed by atoms with E-state index < -0.39 is 11.7 Å². The average Bonchev–Trinajstić information content (AvgIpc) is 3.55. The SMILES string of the molecule is Cc1ccc2c3ccccc3n(-c3cc(-c4c(C)cccc4C(F)(F)F)cc(C#N)c3-n3c4ccccc4c4ccc(C)cc43)c2c1. The number of aryl methyl sites for hydroxylation is 3. The van der Waals surface area contributed by atoms with Crippen molar-refractivity contribution in [1.82, 2.24) is 9.13 Å². The molecule has 3 nitrogen and oxygen atoms in total. The Morgan fingerprint density at radius 1 is 0.574 bits per heavy atom. The van der Waals surface area contributed by atoms with Gasteiger partial charge >= 0.3 is 6.18 Å². The molecular weight excluding hydrogens is 591 g/mol. The van der Waals surface area contributed by atoms with Crippen molar-refractivity contribution in [1.29, 1.82) is 5.26 Å². The van der Waals surface area contributed by atoms with Crippen molar-refractivity contribution in [2.75, 3.05) is 0 Å². The molecule has 0 fully saturated rings. The normalized spacial score (nSPS) is 12.0. The van der Waals surface area contributed by atoms with Gasteiger partial charge in [-0.3, -0.25) is 0 Å². The first kappa shape index (κ1) is 28.7. The van der Waals surface area contributed by atoms with E-state index in [0.29, 0.717) is 22.5 Å². The highest BCUT2D eigenvalue weighted by molar-refractivity contribution is 6.12. The van der Waals surface area contributed by atoms with Crippen molar-refractivity contribution in [3.63, 3.8) is 0 Å². The number of para-hydroxylation sites is 2. The lowest BCUT2D eigenvalue weighted by Gasteiger charge is -2.22. The number of benzene rings is 6. The van der Waals surface area contributed by atoms with Crippen LogP contribution in [0.25, 0.3) is 66.1 Å². The summed E-state index contributed by atoms with van der Waals surface area (Å²) in [5, 5.41) is 15.0. The second-order valence-electron chi connectivity index (χ2n) is 12.2. The molecule has 2 aromatic heterocycles. The summed E-state index contributed by atoms with van der Waals surface area (Å²) in [6.07, 6.45) is -4.58. The molecule has 0 aliphatic carbocycles. The number of nitriles is 1. The number of fused-ring (bicyclic) bond motifs is 6. The third-order valence-corrected chi connectivity index (χ3v) is 9.20. The van der Waals surface area contributed by atoms with Crippen LogP contribution in [0.2, 0.25) is 0 Å². The second kappa shape index (κ2) is 10.4. The minimum Gasteiger partial charge on any atom is -0.307 e. The predicted molar refractivity (Wildman–Crippen MR) is 184 cm³/mol. The fourth-order valence-electron chi connectivity index (χ4n) is 7.20. The minimum atomic E-state index is -4.58. The molecule has 0 amide bonds. The van der Waals surface area contributed by atoms with Crippen LogP contribution in [0.3, 0.4) is 0 Å². The Labute approximate surface area is 269 Å². The second-order valence-corrected chi connectivity index (χ2v) is 12.2. The molecule has 0 bridgehead atoms. The Hall–Kier alpha value is -5.80. The molecule has 0 aliphatic heterocycles. The van der Waals surface area contributed by atoms with Gasteiger partial charge in [0.05, 0.1) is 44.6 Å². The van der Waals surface area contributed by atoms with E-state index in [0.717, 1.165) is 60.8 Å². The molecule has 8 aromatic rings. The highest BCUT2D eigenvalue weighted by Crippen LogP contribution is 2.44. The lowest BCUT2D eigenvalue weighted by molar-refractivity contribution is -0.137. The van der Waals surface area contributed by atoms with Gasteiger partial charge in [-0.1, -0.05) is 72.8 Å². The van der Waals surface area contributed by atoms with E-state index in [1.165, 1.54) is 6.07 Å². The van der Waals surface area contributed by atoms with Crippen LogP contribution in [-0.4, -0.2) is 9.13 Å². The molecule has 228 valence electrons. The summed E-state index contributed by atoms with van der Waals surface area (Å²) in [6, 6.07) is 38.7. The van der Waals surface area contributed by atoms with Crippen LogP contribution >= 0.6 is 0 Å². The summed E-state index contributed by atoms with van der Waals surface area (Å²) in [6.45, 7) is 5.74. The zero-order valence-corrected chi connectivity index (χ0v) is 25.9. The van der Waals surface area contributed by atoms with E-state index in [4.69, 9.17) is 0 Å². The smallest absolute Gasteiger partial charge is 0.307 e. The molecule has 0 atom stereocenters. The molecule has 0 radical (unpaired) electrons. The minimum absolute atomic E-state index is 0.0688. The molecule has 0 spiro atoms. The Kier molecular flexibility index (Phi) is 6.32. The molecule has 0 unspecified atom stereocenters. The standard InChI is InChI=1S/C41H28F3N3/c1-24-15-17-31-29-10-4-6-13-34(29)46(36(31)19-24)38-22-27(39-26(3)9-8-12-33(39)41(42,43)44)21-28(23-45)40(38)47-35-14-7-5-11-30(35)32-18-16-25(2)20-37(32)47/h4-22H,1-3H3. The average molecular weight is 620 g/mol. The van der Waals surface area contributed by atoms with Crippen LogP contribution in [0.15, 0.2) is 115 Å². The van der Waals surface area contributed by atoms with Gasteiger partial charge in [0.15, 0.2) is 0 Å². The topological polar surface area (TPSA) is 33.6 Å². The monoisotopic (exact) mass is 619 g/mol. The third-order valence-electron chi connectivity index (χ3n) is 9.20. The highest BCUT2D eigenvalue weighted by atomic mass is 19.4. The van der Waals surface area contributed by atoms with Crippen LogP contribution < -0.4 is 0 Å². The molecule has 47 heavy (non-hydrogen) atoms. The molecule has 6 aromatic carbocycles. The summed E-state index contributed by atoms with van der Waals surface area (Å²) in [7, 11) is 0. The van der Waals surface area contributed by atoms with Gasteiger partial charge in [-0.05, 0) is 91.1 Å². The van der Waals surface area contributed by atoms with Gasteiger partial charge < -0.3 is 9.13 Å². The maximum atomic E-state index is 14.5. The summed E-state index contributed by atoms with van der Waals surface area (Å²) < 4.78 is 47.9. The largest absolute Gasteiger partial charge is 0.417 e. The first-order valence-corrected chi connectivity index (χ1v) is 15.4. The summed E-state index contributed by atoms with van der Waals surface area (Å²) in [5.74, 6) is 0. The fourth-order valence-corrected chi connectivity index (χ4v) is 7.20. The number of alkyl halides is 3. The number of rotatable bonds is 3. The predicted octanol–water partition coefficient (Wildman–Crippen LogP) is 11.4. The number of aromatic nitrogens is 2. The van der Waals surface area contributed by atoms with Crippen molar-refractivity contribution < 1.29 is 13.2 Å². The van der Waals surface area contributed by atoms with E-state index in [1.54, 1.807) is 19.1 Å². The van der Waals surface area contributed by atoms with Gasteiger partial charge in [0, 0.05) is 21.5 Å². The van der Waals surface area contributed by atoms with Gasteiger partial charge in [-0.15, -0.1) is 0 Å². The zero-order chi connectivity index (χ0) is 32.6. The van der Waals surface area contributed by atoms with Crippen molar-refractivity contribution >= 4 is 43.6 Å². The molecule has 0 aliphatic rings. The first-order valence-electron chi connectivity index (χ1n) is 15.4. The molecule has 0 saturated heterocycles. The third kappa shape index (κ3) is 4.34. The Balaban J connectivity index is 1.62. The lowest BCUT2D eigenvalue weighted by atomic mass is 9.92.